The number of carbonyl (C=O) groups is 1. The van der Waals surface area contributed by atoms with E-state index in [1.54, 1.807) is 6.92 Å². The molecule has 2 fully saturated rings. The van der Waals surface area contributed by atoms with E-state index < -0.39 is 6.17 Å². The number of carbonyl (C=O) groups excluding carboxylic acids is 1. The van der Waals surface area contributed by atoms with Gasteiger partial charge in [0.1, 0.15) is 5.78 Å². The minimum Gasteiger partial charge on any atom is -0.400 e. The van der Waals surface area contributed by atoms with Crippen LogP contribution in [0, 0.1) is 22.7 Å². The van der Waals surface area contributed by atoms with Gasteiger partial charge in [0.15, 0.2) is 0 Å². The topological polar surface area (TPSA) is 37.3 Å². The average Bonchev–Trinajstić information content (AvgIpc) is 2.85. The largest absolute Gasteiger partial charge is 0.400 e. The summed E-state index contributed by atoms with van der Waals surface area (Å²) in [5.74, 6) is 1.35. The first-order valence-electron chi connectivity index (χ1n) is 10.2. The van der Waals surface area contributed by atoms with Crippen LogP contribution in [0.5, 0.6) is 0 Å². The molecular weight excluding hydrogens is 315 g/mol. The fourth-order valence-corrected chi connectivity index (χ4v) is 3.94. The van der Waals surface area contributed by atoms with E-state index in [0.717, 1.165) is 39.2 Å². The lowest BCUT2D eigenvalue weighted by Gasteiger charge is -2.40. The Morgan fingerprint density at radius 3 is 2.12 bits per heavy atom. The molecule has 0 aromatic carbocycles. The smallest absolute Gasteiger partial charge is 0.136 e. The van der Waals surface area contributed by atoms with E-state index in [4.69, 9.17) is 5.11 Å². The van der Waals surface area contributed by atoms with Crippen molar-refractivity contribution in [3.63, 3.8) is 0 Å². The van der Waals surface area contributed by atoms with Crippen molar-refractivity contribution in [1.82, 2.24) is 0 Å². The highest BCUT2D eigenvalue weighted by molar-refractivity contribution is 5.83. The molecule has 0 aromatic rings. The Labute approximate surface area is 157 Å². The Balaban J connectivity index is 0. The van der Waals surface area contributed by atoms with Crippen LogP contribution in [0.1, 0.15) is 100 Å². The highest BCUT2D eigenvalue weighted by Crippen LogP contribution is 2.55. The van der Waals surface area contributed by atoms with Gasteiger partial charge in [0.05, 0.1) is 6.17 Å². The molecule has 0 aliphatic heterocycles. The van der Waals surface area contributed by atoms with Gasteiger partial charge >= 0.3 is 0 Å². The van der Waals surface area contributed by atoms with Gasteiger partial charge in [0.25, 0.3) is 0 Å². The van der Waals surface area contributed by atoms with E-state index in [0.29, 0.717) is 29.5 Å². The summed E-state index contributed by atoms with van der Waals surface area (Å²) in [7, 11) is 1.00. The van der Waals surface area contributed by atoms with E-state index >= 15 is 0 Å². The van der Waals surface area contributed by atoms with Crippen LogP contribution in [0.15, 0.2) is 0 Å². The van der Waals surface area contributed by atoms with Crippen LogP contribution in [0.2, 0.25) is 0 Å². The molecule has 1 N–H and O–H groups in total. The summed E-state index contributed by atoms with van der Waals surface area (Å²) in [6.07, 6.45) is 6.15. The zero-order chi connectivity index (χ0) is 20.3. The van der Waals surface area contributed by atoms with Crippen molar-refractivity contribution in [2.75, 3.05) is 7.11 Å². The van der Waals surface area contributed by atoms with Crippen LogP contribution in [0.4, 0.5) is 4.39 Å². The molecule has 0 saturated heterocycles. The molecule has 0 aromatic heterocycles. The maximum Gasteiger partial charge on any atom is 0.136 e. The fourth-order valence-electron chi connectivity index (χ4n) is 3.94. The van der Waals surface area contributed by atoms with Gasteiger partial charge in [-0.15, -0.1) is 0 Å². The van der Waals surface area contributed by atoms with Crippen LogP contribution in [0.25, 0.3) is 0 Å². The molecule has 4 unspecified atom stereocenters. The Morgan fingerprint density at radius 1 is 1.20 bits per heavy atom. The van der Waals surface area contributed by atoms with Gasteiger partial charge in [0, 0.05) is 19.4 Å². The second-order valence-corrected chi connectivity index (χ2v) is 9.01. The predicted molar refractivity (Wildman–Crippen MR) is 108 cm³/mol. The van der Waals surface area contributed by atoms with E-state index in [1.165, 1.54) is 6.42 Å². The van der Waals surface area contributed by atoms with E-state index in [1.807, 2.05) is 13.8 Å². The summed E-state index contributed by atoms with van der Waals surface area (Å²) in [5, 5.41) is 7.00. The molecule has 0 bridgehead atoms. The minimum atomic E-state index is -0.693. The summed E-state index contributed by atoms with van der Waals surface area (Å²) in [5.41, 5.74) is 0.699. The van der Waals surface area contributed by atoms with Crippen molar-refractivity contribution in [2.24, 2.45) is 22.7 Å². The predicted octanol–water partition coefficient (Wildman–Crippen LogP) is 6.60. The number of ketones is 1. The zero-order valence-corrected chi connectivity index (χ0v) is 18.4. The zero-order valence-electron chi connectivity index (χ0n) is 18.4. The quantitative estimate of drug-likeness (QED) is 0.616. The lowest BCUT2D eigenvalue weighted by Crippen LogP contribution is -2.37. The van der Waals surface area contributed by atoms with E-state index in [-0.39, 0.29) is 5.41 Å². The normalized spacial score (nSPS) is 29.0. The summed E-state index contributed by atoms with van der Waals surface area (Å²) in [6, 6.07) is 0. The van der Waals surface area contributed by atoms with Crippen molar-refractivity contribution in [3.05, 3.63) is 0 Å². The molecule has 0 spiro atoms. The van der Waals surface area contributed by atoms with Gasteiger partial charge in [-0.05, 0) is 62.2 Å². The highest BCUT2D eigenvalue weighted by Gasteiger charge is 2.50. The van der Waals surface area contributed by atoms with Crippen molar-refractivity contribution in [3.8, 4) is 0 Å². The van der Waals surface area contributed by atoms with Gasteiger partial charge in [-0.25, -0.2) is 4.39 Å². The first-order valence-corrected chi connectivity index (χ1v) is 10.2. The molecular formula is C22H45FO2. The molecule has 152 valence electrons. The number of hydrogen-bond acceptors (Lipinski definition) is 2. The van der Waals surface area contributed by atoms with E-state index in [9.17, 15) is 9.18 Å². The van der Waals surface area contributed by atoms with Crippen molar-refractivity contribution < 1.29 is 14.3 Å². The highest BCUT2D eigenvalue weighted by atomic mass is 19.1. The molecule has 0 amide bonds. The Morgan fingerprint density at radius 2 is 1.68 bits per heavy atom. The molecule has 2 aliphatic rings. The standard InChI is InChI=1S/C14H23FO.C5H12.C2H6.CH4O/c1-10(15)5-6-11-7-8-12-13(16)4-3-9-14(11,12)2;1-5(2,3)4;2*1-2/h10-12H,3-9H2,1-2H3;1-4H3;1-2H3;2H,1H3. The molecule has 2 aliphatic carbocycles. The summed E-state index contributed by atoms with van der Waals surface area (Å²) in [6.45, 7) is 16.7. The van der Waals surface area contributed by atoms with Crippen LogP contribution < -0.4 is 0 Å². The SMILES string of the molecule is CC.CC(C)(C)C.CC(F)CCC1CCC2C(=O)CCCC12C.CO. The Hall–Kier alpha value is -0.440. The summed E-state index contributed by atoms with van der Waals surface area (Å²) >= 11 is 0. The minimum absolute atomic E-state index is 0.199. The molecule has 2 nitrogen and oxygen atoms in total. The molecule has 0 radical (unpaired) electrons. The van der Waals surface area contributed by atoms with Crippen LogP contribution in [-0.2, 0) is 4.79 Å². The Kier molecular flexibility index (Phi) is 13.8. The summed E-state index contributed by atoms with van der Waals surface area (Å²) < 4.78 is 12.9. The molecule has 3 heteroatoms. The van der Waals surface area contributed by atoms with Gasteiger partial charge in [-0.1, -0.05) is 48.5 Å². The monoisotopic (exact) mass is 360 g/mol. The average molecular weight is 361 g/mol. The third-order valence-corrected chi connectivity index (χ3v) is 4.97. The van der Waals surface area contributed by atoms with Crippen molar-refractivity contribution in [2.45, 2.75) is 107 Å². The lowest BCUT2D eigenvalue weighted by molar-refractivity contribution is -0.129. The third-order valence-electron chi connectivity index (χ3n) is 4.97. The maximum absolute atomic E-state index is 12.9. The number of fused-ring (bicyclic) bond motifs is 1. The number of hydrogen-bond donors (Lipinski definition) is 1. The number of aliphatic hydroxyl groups excluding tert-OH is 1. The molecule has 2 saturated carbocycles. The molecule has 4 atom stereocenters. The number of aliphatic hydroxyl groups is 1. The number of alkyl halides is 1. The fraction of sp³-hybridized carbons (Fsp3) is 0.955. The van der Waals surface area contributed by atoms with Crippen LogP contribution in [-0.4, -0.2) is 24.2 Å². The summed E-state index contributed by atoms with van der Waals surface area (Å²) in [4.78, 5) is 11.9. The van der Waals surface area contributed by atoms with E-state index in [2.05, 4.69) is 34.6 Å². The first kappa shape index (κ1) is 26.8. The lowest BCUT2D eigenvalue weighted by atomic mass is 9.64. The van der Waals surface area contributed by atoms with Crippen molar-refractivity contribution in [1.29, 1.82) is 0 Å². The number of halogens is 1. The molecule has 2 rings (SSSR count). The van der Waals surface area contributed by atoms with Gasteiger partial charge < -0.3 is 5.11 Å². The number of Topliss-reactive ketones (excluding diaryl/α,β-unsaturated/α-hetero) is 1. The Bertz CT molecular complexity index is 340. The second-order valence-electron chi connectivity index (χ2n) is 9.01. The van der Waals surface area contributed by atoms with Crippen LogP contribution in [0.3, 0.4) is 0 Å². The first-order chi connectivity index (χ1) is 11.5. The van der Waals surface area contributed by atoms with Gasteiger partial charge in [0.2, 0.25) is 0 Å². The van der Waals surface area contributed by atoms with Crippen molar-refractivity contribution >= 4 is 5.78 Å². The molecule has 25 heavy (non-hydrogen) atoms. The second kappa shape index (κ2) is 12.8. The maximum atomic E-state index is 12.9. The molecule has 0 heterocycles. The van der Waals surface area contributed by atoms with Gasteiger partial charge in [-0.3, -0.25) is 4.79 Å². The third kappa shape index (κ3) is 10.3. The van der Waals surface area contributed by atoms with Crippen LogP contribution >= 0.6 is 0 Å². The number of rotatable bonds is 3. The van der Waals surface area contributed by atoms with Gasteiger partial charge in [-0.2, -0.15) is 0 Å².